The second kappa shape index (κ2) is 8.95. The summed E-state index contributed by atoms with van der Waals surface area (Å²) in [5.74, 6) is 1.17. The normalized spacial score (nSPS) is 14.8. The smallest absolute Gasteiger partial charge is 0.222 e. The van der Waals surface area contributed by atoms with Crippen LogP contribution in [0, 0.1) is 0 Å². The van der Waals surface area contributed by atoms with E-state index >= 15 is 0 Å². The van der Waals surface area contributed by atoms with Gasteiger partial charge in [-0.25, -0.2) is 9.97 Å². The lowest BCUT2D eigenvalue weighted by Gasteiger charge is -2.27. The van der Waals surface area contributed by atoms with E-state index in [4.69, 9.17) is 9.72 Å². The fourth-order valence-corrected chi connectivity index (χ4v) is 4.35. The molecule has 30 heavy (non-hydrogen) atoms. The molecule has 0 aromatic carbocycles. The minimum absolute atomic E-state index is 0.134. The number of carbonyl (C=O) groups excluding carboxylic acids is 1. The highest BCUT2D eigenvalue weighted by molar-refractivity contribution is 5.76. The van der Waals surface area contributed by atoms with Crippen LogP contribution in [0.2, 0.25) is 0 Å². The van der Waals surface area contributed by atoms with Gasteiger partial charge in [0.1, 0.15) is 11.3 Å². The number of H-pyrrole nitrogens is 1. The number of aromatic nitrogens is 5. The number of imidazole rings is 1. The van der Waals surface area contributed by atoms with Crippen LogP contribution in [0.4, 0.5) is 0 Å². The molecule has 8 nitrogen and oxygen atoms in total. The van der Waals surface area contributed by atoms with Gasteiger partial charge in [-0.15, -0.1) is 0 Å². The van der Waals surface area contributed by atoms with Crippen LogP contribution in [-0.4, -0.2) is 55.8 Å². The lowest BCUT2D eigenvalue weighted by atomic mass is 10.0. The van der Waals surface area contributed by atoms with E-state index in [1.165, 1.54) is 11.3 Å². The molecule has 1 aliphatic rings. The number of aryl methyl sites for hydroxylation is 2. The molecule has 8 heteroatoms. The first-order chi connectivity index (χ1) is 14.6. The zero-order chi connectivity index (χ0) is 21.1. The Morgan fingerprint density at radius 2 is 2.27 bits per heavy atom. The number of hydrogen-bond acceptors (Lipinski definition) is 5. The largest absolute Gasteiger partial charge is 0.383 e. The number of nitrogens with one attached hydrogen (secondary N) is 1. The van der Waals surface area contributed by atoms with Gasteiger partial charge in [-0.05, 0) is 31.9 Å². The molecule has 0 spiro atoms. The number of nitrogens with zero attached hydrogens (tertiary/aromatic N) is 5. The van der Waals surface area contributed by atoms with Gasteiger partial charge in [0.15, 0.2) is 5.65 Å². The highest BCUT2D eigenvalue weighted by Gasteiger charge is 2.24. The van der Waals surface area contributed by atoms with Gasteiger partial charge in [0, 0.05) is 56.9 Å². The van der Waals surface area contributed by atoms with E-state index in [0.717, 1.165) is 54.9 Å². The van der Waals surface area contributed by atoms with Crippen LogP contribution in [0.25, 0.3) is 11.2 Å². The molecule has 1 amide bonds. The standard InChI is InChI=1S/C22H30N6O2/c1-4-17-16-13-27(12-10-18(16)26-25-17)21(29)9-5-8-20-24-19-7-6-11-23-22(19)28(20)15(2)14-30-3/h6-7,11,15H,4-5,8-10,12-14H2,1-3H3,(H,25,26). The van der Waals surface area contributed by atoms with Gasteiger partial charge in [0.05, 0.1) is 18.3 Å². The number of carbonyl (C=O) groups is 1. The summed E-state index contributed by atoms with van der Waals surface area (Å²) in [5, 5.41) is 7.51. The van der Waals surface area contributed by atoms with Crippen molar-refractivity contribution < 1.29 is 9.53 Å². The maximum Gasteiger partial charge on any atom is 0.222 e. The maximum absolute atomic E-state index is 12.8. The molecule has 4 rings (SSSR count). The minimum Gasteiger partial charge on any atom is -0.383 e. The van der Waals surface area contributed by atoms with Crippen LogP contribution < -0.4 is 0 Å². The summed E-state index contributed by atoms with van der Waals surface area (Å²) in [5.41, 5.74) is 5.23. The number of pyridine rings is 1. The average molecular weight is 411 g/mol. The quantitative estimate of drug-likeness (QED) is 0.617. The molecule has 1 aliphatic heterocycles. The average Bonchev–Trinajstić information content (AvgIpc) is 3.34. The van der Waals surface area contributed by atoms with E-state index < -0.39 is 0 Å². The van der Waals surface area contributed by atoms with Crippen molar-refractivity contribution in [1.29, 1.82) is 0 Å². The van der Waals surface area contributed by atoms with E-state index in [1.807, 2.05) is 17.0 Å². The van der Waals surface area contributed by atoms with Crippen molar-refractivity contribution in [3.05, 3.63) is 41.1 Å². The highest BCUT2D eigenvalue weighted by atomic mass is 16.5. The van der Waals surface area contributed by atoms with Crippen molar-refractivity contribution in [2.45, 2.75) is 58.5 Å². The Balaban J connectivity index is 1.41. The van der Waals surface area contributed by atoms with Crippen molar-refractivity contribution in [3.8, 4) is 0 Å². The summed E-state index contributed by atoms with van der Waals surface area (Å²) in [6, 6.07) is 4.02. The molecule has 3 aromatic heterocycles. The molecular weight excluding hydrogens is 380 g/mol. The van der Waals surface area contributed by atoms with Crippen LogP contribution in [0.5, 0.6) is 0 Å². The molecule has 0 fully saturated rings. The van der Waals surface area contributed by atoms with Crippen molar-refractivity contribution in [3.63, 3.8) is 0 Å². The third kappa shape index (κ3) is 3.96. The molecule has 1 N–H and O–H groups in total. The second-order valence-corrected chi connectivity index (χ2v) is 7.95. The van der Waals surface area contributed by atoms with Crippen LogP contribution in [-0.2, 0) is 35.3 Å². The molecule has 0 saturated heterocycles. The first-order valence-electron chi connectivity index (χ1n) is 10.8. The summed E-state index contributed by atoms with van der Waals surface area (Å²) in [6.45, 7) is 6.22. The first-order valence-corrected chi connectivity index (χ1v) is 10.8. The molecule has 0 aliphatic carbocycles. The number of methoxy groups -OCH3 is 1. The number of rotatable bonds is 8. The van der Waals surface area contributed by atoms with Gasteiger partial charge in [0.25, 0.3) is 0 Å². The third-order valence-electron chi connectivity index (χ3n) is 5.87. The number of hydrogen-bond donors (Lipinski definition) is 1. The Morgan fingerprint density at radius 3 is 3.07 bits per heavy atom. The summed E-state index contributed by atoms with van der Waals surface area (Å²) in [7, 11) is 1.70. The van der Waals surface area contributed by atoms with E-state index in [-0.39, 0.29) is 11.9 Å². The van der Waals surface area contributed by atoms with E-state index in [1.54, 1.807) is 13.3 Å². The van der Waals surface area contributed by atoms with Crippen molar-refractivity contribution in [1.82, 2.24) is 29.6 Å². The van der Waals surface area contributed by atoms with E-state index in [2.05, 4.69) is 33.6 Å². The van der Waals surface area contributed by atoms with Crippen LogP contribution in [0.15, 0.2) is 18.3 Å². The predicted octanol–water partition coefficient (Wildman–Crippen LogP) is 2.83. The van der Waals surface area contributed by atoms with Crippen molar-refractivity contribution >= 4 is 17.1 Å². The number of aromatic amines is 1. The molecule has 4 heterocycles. The molecular formula is C22H30N6O2. The Hall–Kier alpha value is -2.74. The predicted molar refractivity (Wildman–Crippen MR) is 114 cm³/mol. The van der Waals surface area contributed by atoms with Gasteiger partial charge in [-0.1, -0.05) is 6.92 Å². The number of fused-ring (bicyclic) bond motifs is 2. The molecule has 160 valence electrons. The van der Waals surface area contributed by atoms with Crippen LogP contribution in [0.3, 0.4) is 0 Å². The summed E-state index contributed by atoms with van der Waals surface area (Å²) >= 11 is 0. The van der Waals surface area contributed by atoms with Gasteiger partial charge in [-0.2, -0.15) is 5.10 Å². The molecule has 0 bridgehead atoms. The monoisotopic (exact) mass is 410 g/mol. The summed E-state index contributed by atoms with van der Waals surface area (Å²) in [4.78, 5) is 24.1. The van der Waals surface area contributed by atoms with E-state index in [0.29, 0.717) is 19.6 Å². The second-order valence-electron chi connectivity index (χ2n) is 7.95. The number of ether oxygens (including phenoxy) is 1. The lowest BCUT2D eigenvalue weighted by Crippen LogP contribution is -2.36. The van der Waals surface area contributed by atoms with Crippen LogP contribution >= 0.6 is 0 Å². The maximum atomic E-state index is 12.8. The fourth-order valence-electron chi connectivity index (χ4n) is 4.35. The summed E-state index contributed by atoms with van der Waals surface area (Å²) in [6.07, 6.45) is 5.54. The first kappa shape index (κ1) is 20.5. The topological polar surface area (TPSA) is 88.9 Å². The Kier molecular flexibility index (Phi) is 6.13. The summed E-state index contributed by atoms with van der Waals surface area (Å²) < 4.78 is 7.50. The highest BCUT2D eigenvalue weighted by Crippen LogP contribution is 2.23. The van der Waals surface area contributed by atoms with Gasteiger partial charge in [0.2, 0.25) is 5.91 Å². The molecule has 1 atom stereocenters. The van der Waals surface area contributed by atoms with Gasteiger partial charge < -0.3 is 14.2 Å². The lowest BCUT2D eigenvalue weighted by molar-refractivity contribution is -0.132. The minimum atomic E-state index is 0.134. The molecule has 1 unspecified atom stereocenters. The Morgan fingerprint density at radius 1 is 1.40 bits per heavy atom. The van der Waals surface area contributed by atoms with Crippen molar-refractivity contribution in [2.24, 2.45) is 0 Å². The number of amides is 1. The van der Waals surface area contributed by atoms with Gasteiger partial charge >= 0.3 is 0 Å². The fraction of sp³-hybridized carbons (Fsp3) is 0.545. The zero-order valence-corrected chi connectivity index (χ0v) is 18.0. The van der Waals surface area contributed by atoms with Crippen LogP contribution in [0.1, 0.15) is 55.5 Å². The Bertz CT molecular complexity index is 1010. The SMILES string of the molecule is CCc1n[nH]c2c1CN(C(=O)CCCc1nc3cccnc3n1C(C)COC)CC2. The Labute approximate surface area is 176 Å². The van der Waals surface area contributed by atoms with Crippen molar-refractivity contribution in [2.75, 3.05) is 20.3 Å². The van der Waals surface area contributed by atoms with Gasteiger partial charge in [-0.3, -0.25) is 9.89 Å². The third-order valence-corrected chi connectivity index (χ3v) is 5.87. The molecule has 0 saturated carbocycles. The molecule has 0 radical (unpaired) electrons. The molecule has 3 aromatic rings. The van der Waals surface area contributed by atoms with E-state index in [9.17, 15) is 4.79 Å². The zero-order valence-electron chi connectivity index (χ0n) is 18.0.